The minimum Gasteiger partial charge on any atom is -0.480 e. The summed E-state index contributed by atoms with van der Waals surface area (Å²) < 4.78 is 28.0. The van der Waals surface area contributed by atoms with Crippen molar-refractivity contribution in [2.24, 2.45) is 5.92 Å². The number of aromatic amines is 1. The molecular formula is C28H27ClF2N4O5. The van der Waals surface area contributed by atoms with Crippen molar-refractivity contribution in [2.75, 3.05) is 18.9 Å². The number of carbonyl (C=O) groups is 4. The fourth-order valence-corrected chi connectivity index (χ4v) is 5.94. The highest BCUT2D eigenvalue weighted by Gasteiger charge is 2.58. The first-order valence-corrected chi connectivity index (χ1v) is 13.1. The van der Waals surface area contributed by atoms with E-state index < -0.39 is 52.8 Å². The number of hydrogen-bond donors (Lipinski definition) is 3. The number of carboxylic acids is 1. The number of likely N-dealkylation sites (N-methyl/N-ethyl adjacent to an activating group) is 1. The first-order chi connectivity index (χ1) is 18.8. The minimum absolute atomic E-state index is 0.0156. The van der Waals surface area contributed by atoms with Crippen LogP contribution in [0.3, 0.4) is 0 Å². The van der Waals surface area contributed by atoms with E-state index in [0.717, 1.165) is 11.0 Å². The van der Waals surface area contributed by atoms with Gasteiger partial charge >= 0.3 is 5.97 Å². The zero-order valence-corrected chi connectivity index (χ0v) is 22.7. The van der Waals surface area contributed by atoms with Gasteiger partial charge in [0.15, 0.2) is 0 Å². The molecule has 0 radical (unpaired) electrons. The second-order valence-corrected chi connectivity index (χ2v) is 11.3. The second kappa shape index (κ2) is 9.88. The molecule has 3 amide bonds. The van der Waals surface area contributed by atoms with Gasteiger partial charge in [0, 0.05) is 35.8 Å². The number of hydrogen-bond acceptors (Lipinski definition) is 4. The van der Waals surface area contributed by atoms with E-state index in [-0.39, 0.29) is 41.9 Å². The predicted octanol–water partition coefficient (Wildman–Crippen LogP) is 4.16. The highest BCUT2D eigenvalue weighted by molar-refractivity contribution is 6.31. The van der Waals surface area contributed by atoms with Crippen LogP contribution in [0.5, 0.6) is 0 Å². The topological polar surface area (TPSA) is 123 Å². The van der Waals surface area contributed by atoms with Crippen molar-refractivity contribution < 1.29 is 33.1 Å². The summed E-state index contributed by atoms with van der Waals surface area (Å²) in [6.45, 7) is 3.49. The molecule has 1 saturated heterocycles. The molecule has 3 heterocycles. The summed E-state index contributed by atoms with van der Waals surface area (Å²) in [5.74, 6) is -4.73. The molecule has 0 unspecified atom stereocenters. The molecule has 40 heavy (non-hydrogen) atoms. The molecule has 12 heteroatoms. The summed E-state index contributed by atoms with van der Waals surface area (Å²) in [7, 11) is 1.40. The molecule has 3 N–H and O–H groups in total. The standard InChI is InChI=1S/C28H27ClF2N4O5/c1-13(2)6-22(34(3)24(36)21-10-16-18(31)8-15(30)9-20(16)32-21)25(37)35-12-28(11-23(35)26(38)39)17-7-14(29)4-5-19(17)33-27(28)40/h4-5,7-10,13,22-23,32H,6,11-12H2,1-3H3,(H,33,40)(H,38,39)/t22-,23-,28-/m0/s1. The quantitative estimate of drug-likeness (QED) is 0.409. The summed E-state index contributed by atoms with van der Waals surface area (Å²) in [4.78, 5) is 58.1. The number of aromatic nitrogens is 1. The number of halogens is 3. The lowest BCUT2D eigenvalue weighted by molar-refractivity contribution is -0.150. The van der Waals surface area contributed by atoms with Gasteiger partial charge in [0.2, 0.25) is 11.8 Å². The Kier molecular flexibility index (Phi) is 6.81. The monoisotopic (exact) mass is 572 g/mol. The zero-order valence-electron chi connectivity index (χ0n) is 21.9. The number of carboxylic acid groups (broad SMARTS) is 1. The number of rotatable bonds is 6. The fraction of sp³-hybridized carbons (Fsp3) is 0.357. The van der Waals surface area contributed by atoms with Crippen molar-refractivity contribution in [1.82, 2.24) is 14.8 Å². The van der Waals surface area contributed by atoms with E-state index in [2.05, 4.69) is 10.3 Å². The molecule has 0 bridgehead atoms. The van der Waals surface area contributed by atoms with Gasteiger partial charge in [-0.25, -0.2) is 13.6 Å². The molecule has 2 aliphatic rings. The molecule has 5 rings (SSSR count). The van der Waals surface area contributed by atoms with Crippen molar-refractivity contribution >= 4 is 51.9 Å². The lowest BCUT2D eigenvalue weighted by Gasteiger charge is -2.33. The van der Waals surface area contributed by atoms with Gasteiger partial charge in [-0.15, -0.1) is 0 Å². The first-order valence-electron chi connectivity index (χ1n) is 12.7. The molecule has 3 aromatic rings. The highest BCUT2D eigenvalue weighted by Crippen LogP contribution is 2.47. The third-order valence-corrected chi connectivity index (χ3v) is 7.99. The lowest BCUT2D eigenvalue weighted by atomic mass is 9.79. The van der Waals surface area contributed by atoms with Gasteiger partial charge in [0.05, 0.1) is 10.9 Å². The number of aliphatic carboxylic acids is 1. The van der Waals surface area contributed by atoms with Gasteiger partial charge in [-0.1, -0.05) is 25.4 Å². The molecule has 210 valence electrons. The molecular weight excluding hydrogens is 546 g/mol. The summed E-state index contributed by atoms with van der Waals surface area (Å²) >= 11 is 6.19. The Balaban J connectivity index is 1.49. The van der Waals surface area contributed by atoms with Crippen LogP contribution in [0, 0.1) is 17.6 Å². The number of anilines is 1. The molecule has 1 fully saturated rings. The van der Waals surface area contributed by atoms with E-state index in [1.165, 1.54) is 18.0 Å². The van der Waals surface area contributed by atoms with Crippen LogP contribution in [0.15, 0.2) is 36.4 Å². The van der Waals surface area contributed by atoms with E-state index in [4.69, 9.17) is 11.6 Å². The average Bonchev–Trinajstić information content (AvgIpc) is 3.57. The zero-order chi connectivity index (χ0) is 29.1. The van der Waals surface area contributed by atoms with E-state index in [9.17, 15) is 33.1 Å². The molecule has 0 saturated carbocycles. The van der Waals surface area contributed by atoms with Crippen LogP contribution in [0.1, 0.15) is 42.7 Å². The van der Waals surface area contributed by atoms with Crippen LogP contribution in [0.4, 0.5) is 14.5 Å². The molecule has 9 nitrogen and oxygen atoms in total. The van der Waals surface area contributed by atoms with E-state index in [1.54, 1.807) is 18.2 Å². The molecule has 2 aliphatic heterocycles. The maximum Gasteiger partial charge on any atom is 0.326 e. The molecule has 3 atom stereocenters. The molecule has 0 aliphatic carbocycles. The van der Waals surface area contributed by atoms with Gasteiger partial charge in [0.1, 0.15) is 29.4 Å². The average molecular weight is 573 g/mol. The van der Waals surface area contributed by atoms with Crippen molar-refractivity contribution in [2.45, 2.75) is 44.2 Å². The van der Waals surface area contributed by atoms with Gasteiger partial charge in [-0.05, 0) is 54.7 Å². The van der Waals surface area contributed by atoms with Crippen molar-refractivity contribution in [3.63, 3.8) is 0 Å². The smallest absolute Gasteiger partial charge is 0.326 e. The van der Waals surface area contributed by atoms with Crippen LogP contribution in [-0.2, 0) is 19.8 Å². The SMILES string of the molecule is CC(C)C[C@@H](C(=O)N1C[C@]2(C[C@H]1C(=O)O)C(=O)Nc1ccc(Cl)cc12)N(C)C(=O)c1cc2c(F)cc(F)cc2[nH]1. The summed E-state index contributed by atoms with van der Waals surface area (Å²) in [6.07, 6.45) is 0.0287. The van der Waals surface area contributed by atoms with Crippen LogP contribution < -0.4 is 5.32 Å². The maximum atomic E-state index is 14.3. The number of fused-ring (bicyclic) bond motifs is 3. The molecule has 2 aromatic carbocycles. The molecule has 1 spiro atoms. The Labute approximate surface area is 233 Å². The van der Waals surface area contributed by atoms with E-state index in [1.807, 2.05) is 13.8 Å². The van der Waals surface area contributed by atoms with Crippen LogP contribution in [0.2, 0.25) is 5.02 Å². The van der Waals surface area contributed by atoms with Crippen molar-refractivity contribution in [3.8, 4) is 0 Å². The highest BCUT2D eigenvalue weighted by atomic mass is 35.5. The number of nitrogens with one attached hydrogen (secondary N) is 2. The number of amides is 3. The second-order valence-electron chi connectivity index (χ2n) is 10.8. The van der Waals surface area contributed by atoms with Crippen LogP contribution in [-0.4, -0.2) is 69.3 Å². The Morgan fingerprint density at radius 1 is 1.20 bits per heavy atom. The van der Waals surface area contributed by atoms with Gasteiger partial charge in [-0.2, -0.15) is 0 Å². The number of H-pyrrole nitrogens is 1. The van der Waals surface area contributed by atoms with Crippen molar-refractivity contribution in [3.05, 3.63) is 64.3 Å². The van der Waals surface area contributed by atoms with Crippen molar-refractivity contribution in [1.29, 1.82) is 0 Å². The lowest BCUT2D eigenvalue weighted by Crippen LogP contribution is -2.53. The van der Waals surface area contributed by atoms with E-state index >= 15 is 0 Å². The number of carbonyl (C=O) groups excluding carboxylic acids is 3. The minimum atomic E-state index is -1.33. The Morgan fingerprint density at radius 2 is 1.93 bits per heavy atom. The van der Waals surface area contributed by atoms with E-state index in [0.29, 0.717) is 22.3 Å². The normalized spacial score (nSPS) is 20.7. The third-order valence-electron chi connectivity index (χ3n) is 7.76. The molecule has 1 aromatic heterocycles. The van der Waals surface area contributed by atoms with Gasteiger partial charge in [0.25, 0.3) is 5.91 Å². The third kappa shape index (κ3) is 4.47. The fourth-order valence-electron chi connectivity index (χ4n) is 5.77. The predicted molar refractivity (Wildman–Crippen MR) is 143 cm³/mol. The number of nitrogens with zero attached hydrogens (tertiary/aromatic N) is 2. The summed E-state index contributed by atoms with van der Waals surface area (Å²) in [6, 6.07) is 5.42. The summed E-state index contributed by atoms with van der Waals surface area (Å²) in [5.41, 5.74) is -0.277. The van der Waals surface area contributed by atoms with Crippen LogP contribution >= 0.6 is 11.6 Å². The largest absolute Gasteiger partial charge is 0.480 e. The Morgan fingerprint density at radius 3 is 2.60 bits per heavy atom. The first kappa shape index (κ1) is 27.6. The van der Waals surface area contributed by atoms with Gasteiger partial charge in [-0.3, -0.25) is 14.4 Å². The number of likely N-dealkylation sites (tertiary alicyclic amines) is 1. The summed E-state index contributed by atoms with van der Waals surface area (Å²) in [5, 5.41) is 13.2. The van der Waals surface area contributed by atoms with Crippen LogP contribution in [0.25, 0.3) is 10.9 Å². The maximum absolute atomic E-state index is 14.3. The van der Waals surface area contributed by atoms with Gasteiger partial charge < -0.3 is 25.2 Å². The number of benzene rings is 2. The Hall–Kier alpha value is -3.99. The Bertz CT molecular complexity index is 1570.